The molecule has 0 saturated carbocycles. The fraction of sp³-hybridized carbons (Fsp3) is 0. The minimum Gasteiger partial charge on any atom is -0.258 e. The van der Waals surface area contributed by atoms with Gasteiger partial charge in [-0.05, 0) is 21.9 Å². The first-order valence-electron chi connectivity index (χ1n) is 8.02. The lowest BCUT2D eigenvalue weighted by Gasteiger charge is -2.07. The quantitative estimate of drug-likeness (QED) is 0.333. The molecule has 0 saturated heterocycles. The van der Waals surface area contributed by atoms with Gasteiger partial charge in [0.05, 0.1) is 16.8 Å². The maximum atomic E-state index is 10.8. The molecule has 9 nitrogen and oxygen atoms in total. The Morgan fingerprint density at radius 3 is 2.78 bits per heavy atom. The number of anilines is 1. The fourth-order valence-electron chi connectivity index (χ4n) is 2.70. The van der Waals surface area contributed by atoms with Crippen molar-refractivity contribution in [3.05, 3.63) is 82.4 Å². The zero-order valence-electron chi connectivity index (χ0n) is 13.9. The lowest BCUT2D eigenvalue weighted by molar-refractivity contribution is -0.384. The van der Waals surface area contributed by atoms with E-state index < -0.39 is 4.92 Å². The van der Waals surface area contributed by atoms with Crippen LogP contribution in [0, 0.1) is 10.1 Å². The average Bonchev–Trinajstić information content (AvgIpc) is 3.16. The van der Waals surface area contributed by atoms with E-state index in [2.05, 4.69) is 26.1 Å². The molecule has 0 aliphatic carbocycles. The highest BCUT2D eigenvalue weighted by molar-refractivity contribution is 5.90. The predicted octanol–water partition coefficient (Wildman–Crippen LogP) is 3.17. The normalized spacial score (nSPS) is 11.1. The molecular formula is C18H13N7O2. The van der Waals surface area contributed by atoms with Crippen LogP contribution in [0.25, 0.3) is 16.5 Å². The van der Waals surface area contributed by atoms with Gasteiger partial charge in [-0.15, -0.1) is 0 Å². The van der Waals surface area contributed by atoms with Crippen molar-refractivity contribution < 1.29 is 4.92 Å². The van der Waals surface area contributed by atoms with Crippen molar-refractivity contribution in [1.82, 2.24) is 20.2 Å². The summed E-state index contributed by atoms with van der Waals surface area (Å²) in [4.78, 5) is 10.4. The first-order valence-corrected chi connectivity index (χ1v) is 8.02. The standard InChI is InChI=1S/C18H13N7O2/c26-25(27)15-8-3-5-13(11-15)12-19-20-18-21-22-23-24(18)17-10-4-7-14-6-1-2-9-16(14)17/h1-12H,(H,20,21,23). The molecular weight excluding hydrogens is 346 g/mol. The Hall–Kier alpha value is -4.14. The first kappa shape index (κ1) is 16.3. The van der Waals surface area contributed by atoms with E-state index in [4.69, 9.17) is 0 Å². The van der Waals surface area contributed by atoms with Crippen molar-refractivity contribution in [2.24, 2.45) is 5.10 Å². The largest absolute Gasteiger partial charge is 0.270 e. The minimum absolute atomic E-state index is 0.000427. The number of hydrogen-bond donors (Lipinski definition) is 1. The fourth-order valence-corrected chi connectivity index (χ4v) is 2.70. The monoisotopic (exact) mass is 359 g/mol. The van der Waals surface area contributed by atoms with Crippen molar-refractivity contribution in [3.63, 3.8) is 0 Å². The Bertz CT molecular complexity index is 1150. The summed E-state index contributed by atoms with van der Waals surface area (Å²) in [7, 11) is 0. The van der Waals surface area contributed by atoms with E-state index in [-0.39, 0.29) is 5.69 Å². The highest BCUT2D eigenvalue weighted by atomic mass is 16.6. The van der Waals surface area contributed by atoms with Gasteiger partial charge in [-0.1, -0.05) is 53.6 Å². The van der Waals surface area contributed by atoms with E-state index >= 15 is 0 Å². The summed E-state index contributed by atoms with van der Waals surface area (Å²) in [5.41, 5.74) is 4.18. The second kappa shape index (κ2) is 7.00. The summed E-state index contributed by atoms with van der Waals surface area (Å²) in [5.74, 6) is 0.327. The van der Waals surface area contributed by atoms with Gasteiger partial charge in [0.25, 0.3) is 11.6 Å². The lowest BCUT2D eigenvalue weighted by atomic mass is 10.1. The van der Waals surface area contributed by atoms with Crippen molar-refractivity contribution in [1.29, 1.82) is 0 Å². The molecule has 0 unspecified atom stereocenters. The molecule has 0 bridgehead atoms. The molecule has 1 heterocycles. The van der Waals surface area contributed by atoms with Gasteiger partial charge in [0.15, 0.2) is 0 Å². The van der Waals surface area contributed by atoms with Crippen LogP contribution in [-0.2, 0) is 0 Å². The van der Waals surface area contributed by atoms with Crippen LogP contribution >= 0.6 is 0 Å². The Balaban J connectivity index is 1.61. The zero-order valence-corrected chi connectivity index (χ0v) is 13.9. The van der Waals surface area contributed by atoms with Gasteiger partial charge in [0.2, 0.25) is 0 Å². The Kier molecular flexibility index (Phi) is 4.24. The molecule has 0 fully saturated rings. The molecule has 27 heavy (non-hydrogen) atoms. The van der Waals surface area contributed by atoms with Crippen LogP contribution in [-0.4, -0.2) is 31.3 Å². The third-order valence-corrected chi connectivity index (χ3v) is 3.92. The summed E-state index contributed by atoms with van der Waals surface area (Å²) in [6.07, 6.45) is 1.47. The van der Waals surface area contributed by atoms with Crippen LogP contribution in [0.15, 0.2) is 71.8 Å². The molecule has 4 rings (SSSR count). The molecule has 0 radical (unpaired) electrons. The number of nitro groups is 1. The van der Waals surface area contributed by atoms with Crippen molar-refractivity contribution in [2.75, 3.05) is 5.43 Å². The van der Waals surface area contributed by atoms with Gasteiger partial charge in [0.1, 0.15) is 0 Å². The summed E-state index contributed by atoms with van der Waals surface area (Å²) in [6, 6.07) is 19.9. The SMILES string of the molecule is O=[N+]([O-])c1cccc(C=NNc2nnnn2-c2cccc3ccccc23)c1. The number of rotatable bonds is 5. The number of nitrogens with zero attached hydrogens (tertiary/aromatic N) is 6. The Labute approximate surface area is 153 Å². The van der Waals surface area contributed by atoms with Gasteiger partial charge in [-0.3, -0.25) is 10.1 Å². The van der Waals surface area contributed by atoms with Crippen LogP contribution in [0.4, 0.5) is 11.6 Å². The van der Waals surface area contributed by atoms with Crippen LogP contribution in [0.3, 0.4) is 0 Å². The minimum atomic E-state index is -0.453. The van der Waals surface area contributed by atoms with E-state index in [1.165, 1.54) is 18.3 Å². The maximum Gasteiger partial charge on any atom is 0.270 e. The molecule has 0 atom stereocenters. The molecule has 1 N–H and O–H groups in total. The van der Waals surface area contributed by atoms with Gasteiger partial charge in [0, 0.05) is 23.1 Å². The number of hydrogen-bond acceptors (Lipinski definition) is 7. The van der Waals surface area contributed by atoms with Crippen LogP contribution in [0.5, 0.6) is 0 Å². The molecule has 1 aromatic heterocycles. The summed E-state index contributed by atoms with van der Waals surface area (Å²) >= 11 is 0. The van der Waals surface area contributed by atoms with E-state index in [0.717, 1.165) is 16.5 Å². The summed E-state index contributed by atoms with van der Waals surface area (Å²) in [6.45, 7) is 0. The number of fused-ring (bicyclic) bond motifs is 1. The maximum absolute atomic E-state index is 10.8. The third-order valence-electron chi connectivity index (χ3n) is 3.92. The topological polar surface area (TPSA) is 111 Å². The van der Waals surface area contributed by atoms with Gasteiger partial charge in [-0.2, -0.15) is 9.78 Å². The zero-order chi connectivity index (χ0) is 18.6. The van der Waals surface area contributed by atoms with Crippen LogP contribution in [0.1, 0.15) is 5.56 Å². The Morgan fingerprint density at radius 2 is 1.89 bits per heavy atom. The molecule has 3 aromatic carbocycles. The Morgan fingerprint density at radius 1 is 1.07 bits per heavy atom. The number of aromatic nitrogens is 4. The molecule has 0 amide bonds. The highest BCUT2D eigenvalue weighted by Crippen LogP contribution is 2.23. The molecule has 0 aliphatic heterocycles. The van der Waals surface area contributed by atoms with Crippen molar-refractivity contribution in [2.45, 2.75) is 0 Å². The average molecular weight is 359 g/mol. The first-order chi connectivity index (χ1) is 13.2. The number of tetrazole rings is 1. The van der Waals surface area contributed by atoms with Gasteiger partial charge >= 0.3 is 0 Å². The predicted molar refractivity (Wildman–Crippen MR) is 101 cm³/mol. The van der Waals surface area contributed by atoms with Crippen molar-refractivity contribution >= 4 is 28.6 Å². The number of benzene rings is 3. The van der Waals surface area contributed by atoms with Crippen LogP contribution in [0.2, 0.25) is 0 Å². The number of non-ortho nitro benzene ring substituents is 1. The van der Waals surface area contributed by atoms with E-state index in [1.54, 1.807) is 16.8 Å². The number of nitrogens with one attached hydrogen (secondary N) is 1. The molecule has 9 heteroatoms. The van der Waals surface area contributed by atoms with Gasteiger partial charge in [-0.25, -0.2) is 5.43 Å². The summed E-state index contributed by atoms with van der Waals surface area (Å²) < 4.78 is 1.55. The van der Waals surface area contributed by atoms with Gasteiger partial charge < -0.3 is 0 Å². The van der Waals surface area contributed by atoms with E-state index in [0.29, 0.717) is 11.5 Å². The van der Waals surface area contributed by atoms with E-state index in [9.17, 15) is 10.1 Å². The second-order valence-corrected chi connectivity index (χ2v) is 5.63. The molecule has 132 valence electrons. The van der Waals surface area contributed by atoms with Crippen LogP contribution < -0.4 is 5.43 Å². The summed E-state index contributed by atoms with van der Waals surface area (Å²) in [5, 5.41) is 28.7. The number of nitro benzene ring substituents is 1. The highest BCUT2D eigenvalue weighted by Gasteiger charge is 2.10. The lowest BCUT2D eigenvalue weighted by Crippen LogP contribution is -2.04. The van der Waals surface area contributed by atoms with E-state index in [1.807, 2.05) is 42.5 Å². The smallest absolute Gasteiger partial charge is 0.258 e. The van der Waals surface area contributed by atoms with Crippen molar-refractivity contribution in [3.8, 4) is 5.69 Å². The molecule has 4 aromatic rings. The number of hydrazone groups is 1. The second-order valence-electron chi connectivity index (χ2n) is 5.63. The molecule has 0 aliphatic rings. The molecule has 0 spiro atoms. The third kappa shape index (κ3) is 3.33.